The zero-order valence-electron chi connectivity index (χ0n) is 8.09. The van der Waals surface area contributed by atoms with Gasteiger partial charge in [-0.25, -0.2) is 9.97 Å². The number of hydrogen-bond acceptors (Lipinski definition) is 4. The maximum atomic E-state index is 5.98. The molecule has 0 aliphatic carbocycles. The van der Waals surface area contributed by atoms with E-state index in [1.165, 1.54) is 11.3 Å². The number of hydrogen-bond donors (Lipinski definition) is 1. The normalized spacial score (nSPS) is 10.5. The van der Waals surface area contributed by atoms with Gasteiger partial charge in [-0.1, -0.05) is 11.6 Å². The number of aromatic nitrogens is 2. The van der Waals surface area contributed by atoms with Crippen LogP contribution in [-0.2, 0) is 0 Å². The molecule has 0 saturated heterocycles. The van der Waals surface area contributed by atoms with Crippen molar-refractivity contribution in [2.45, 2.75) is 0 Å². The Morgan fingerprint density at radius 3 is 2.69 bits per heavy atom. The fourth-order valence-electron chi connectivity index (χ4n) is 1.12. The highest BCUT2D eigenvalue weighted by molar-refractivity contribution is 9.11. The van der Waals surface area contributed by atoms with Crippen LogP contribution in [0.4, 0.5) is 5.82 Å². The Bertz CT molecular complexity index is 510. The molecule has 3 nitrogen and oxygen atoms in total. The molecule has 0 atom stereocenters. The molecule has 2 heterocycles. The van der Waals surface area contributed by atoms with Crippen LogP contribution in [0.15, 0.2) is 21.2 Å². The molecule has 1 N–H and O–H groups in total. The highest BCUT2D eigenvalue weighted by Gasteiger charge is 2.11. The average molecular weight is 383 g/mol. The van der Waals surface area contributed by atoms with Gasteiger partial charge < -0.3 is 5.32 Å². The van der Waals surface area contributed by atoms with Gasteiger partial charge in [0, 0.05) is 17.7 Å². The van der Waals surface area contributed by atoms with Crippen molar-refractivity contribution in [3.63, 3.8) is 0 Å². The molecule has 0 fully saturated rings. The van der Waals surface area contributed by atoms with Crippen molar-refractivity contribution in [2.75, 3.05) is 12.4 Å². The molecule has 7 heteroatoms. The number of rotatable bonds is 2. The van der Waals surface area contributed by atoms with Crippen LogP contribution < -0.4 is 5.32 Å². The van der Waals surface area contributed by atoms with E-state index in [2.05, 4.69) is 47.1 Å². The standard InChI is InChI=1S/C9H6Br2ClN3S/c1-13-8-5(11)3-14-9(15-8)6-2-4(10)7(12)16-6/h2-3H,1H3,(H,13,14,15). The summed E-state index contributed by atoms with van der Waals surface area (Å²) in [6.45, 7) is 0. The summed E-state index contributed by atoms with van der Waals surface area (Å²) in [5.41, 5.74) is 0. The van der Waals surface area contributed by atoms with Crippen molar-refractivity contribution in [2.24, 2.45) is 0 Å². The van der Waals surface area contributed by atoms with Crippen molar-refractivity contribution in [3.8, 4) is 10.7 Å². The summed E-state index contributed by atoms with van der Waals surface area (Å²) in [6.07, 6.45) is 1.72. The molecule has 16 heavy (non-hydrogen) atoms. The van der Waals surface area contributed by atoms with E-state index in [9.17, 15) is 0 Å². The molecule has 0 spiro atoms. The maximum absolute atomic E-state index is 5.98. The van der Waals surface area contributed by atoms with Crippen molar-refractivity contribution < 1.29 is 0 Å². The summed E-state index contributed by atoms with van der Waals surface area (Å²) in [7, 11) is 1.81. The van der Waals surface area contributed by atoms with Crippen LogP contribution in [0.25, 0.3) is 10.7 Å². The van der Waals surface area contributed by atoms with Gasteiger partial charge >= 0.3 is 0 Å². The molecule has 0 aliphatic heterocycles. The number of anilines is 1. The van der Waals surface area contributed by atoms with Gasteiger partial charge in [0.05, 0.1) is 9.35 Å². The molecule has 0 aromatic carbocycles. The first-order valence-corrected chi connectivity index (χ1v) is 7.05. The highest BCUT2D eigenvalue weighted by Crippen LogP contribution is 2.37. The first-order chi connectivity index (χ1) is 7.61. The molecule has 0 amide bonds. The van der Waals surface area contributed by atoms with Crippen molar-refractivity contribution >= 4 is 60.6 Å². The van der Waals surface area contributed by atoms with E-state index in [1.807, 2.05) is 13.1 Å². The molecule has 0 aliphatic rings. The summed E-state index contributed by atoms with van der Waals surface area (Å²) < 4.78 is 2.40. The van der Waals surface area contributed by atoms with Crippen LogP contribution in [0.3, 0.4) is 0 Å². The fraction of sp³-hybridized carbons (Fsp3) is 0.111. The maximum Gasteiger partial charge on any atom is 0.171 e. The second-order valence-electron chi connectivity index (χ2n) is 2.87. The van der Waals surface area contributed by atoms with Gasteiger partial charge in [0.1, 0.15) is 10.2 Å². The van der Waals surface area contributed by atoms with Crippen LogP contribution >= 0.6 is 54.8 Å². The fourth-order valence-corrected chi connectivity index (χ4v) is 3.15. The Kier molecular flexibility index (Phi) is 3.84. The molecule has 0 bridgehead atoms. The van der Waals surface area contributed by atoms with Crippen LogP contribution in [-0.4, -0.2) is 17.0 Å². The van der Waals surface area contributed by atoms with Gasteiger partial charge in [-0.3, -0.25) is 0 Å². The molecule has 2 rings (SSSR count). The third-order valence-electron chi connectivity index (χ3n) is 1.85. The van der Waals surface area contributed by atoms with Crippen LogP contribution in [0.2, 0.25) is 4.34 Å². The molecular formula is C9H6Br2ClN3S. The minimum atomic E-state index is 0.658. The minimum Gasteiger partial charge on any atom is -0.372 e. The van der Waals surface area contributed by atoms with E-state index in [0.717, 1.165) is 19.6 Å². The summed E-state index contributed by atoms with van der Waals surface area (Å²) >= 11 is 14.1. The zero-order valence-corrected chi connectivity index (χ0v) is 12.8. The van der Waals surface area contributed by atoms with E-state index < -0.39 is 0 Å². The third-order valence-corrected chi connectivity index (χ3v) is 4.90. The van der Waals surface area contributed by atoms with Crippen LogP contribution in [0, 0.1) is 0 Å². The predicted molar refractivity (Wildman–Crippen MR) is 75.3 cm³/mol. The molecule has 0 saturated carbocycles. The second-order valence-corrected chi connectivity index (χ2v) is 6.24. The van der Waals surface area contributed by atoms with Crippen molar-refractivity contribution in [1.82, 2.24) is 9.97 Å². The summed E-state index contributed by atoms with van der Waals surface area (Å²) in [5.74, 6) is 1.41. The average Bonchev–Trinajstić information content (AvgIpc) is 2.60. The summed E-state index contributed by atoms with van der Waals surface area (Å²) in [5, 5.41) is 2.99. The second kappa shape index (κ2) is 5.00. The van der Waals surface area contributed by atoms with Gasteiger partial charge in [0.2, 0.25) is 0 Å². The largest absolute Gasteiger partial charge is 0.372 e. The molecular weight excluding hydrogens is 377 g/mol. The Hall–Kier alpha value is -0.170. The lowest BCUT2D eigenvalue weighted by Gasteiger charge is -2.03. The van der Waals surface area contributed by atoms with Crippen LogP contribution in [0.5, 0.6) is 0 Å². The zero-order chi connectivity index (χ0) is 11.7. The lowest BCUT2D eigenvalue weighted by Crippen LogP contribution is -1.96. The van der Waals surface area contributed by atoms with Crippen molar-refractivity contribution in [3.05, 3.63) is 25.5 Å². The van der Waals surface area contributed by atoms with Gasteiger partial charge in [-0.05, 0) is 37.9 Å². The Labute approximate surface area is 119 Å². The van der Waals surface area contributed by atoms with Gasteiger partial charge in [-0.15, -0.1) is 11.3 Å². The number of nitrogens with one attached hydrogen (secondary N) is 1. The topological polar surface area (TPSA) is 37.8 Å². The first kappa shape index (κ1) is 12.3. The van der Waals surface area contributed by atoms with Gasteiger partial charge in [0.15, 0.2) is 5.82 Å². The van der Waals surface area contributed by atoms with Gasteiger partial charge in [-0.2, -0.15) is 0 Å². The Balaban J connectivity index is 2.48. The lowest BCUT2D eigenvalue weighted by atomic mass is 10.4. The van der Waals surface area contributed by atoms with E-state index in [0.29, 0.717) is 10.2 Å². The minimum absolute atomic E-state index is 0.658. The van der Waals surface area contributed by atoms with E-state index in [-0.39, 0.29) is 0 Å². The monoisotopic (exact) mass is 381 g/mol. The van der Waals surface area contributed by atoms with E-state index in [4.69, 9.17) is 11.6 Å². The lowest BCUT2D eigenvalue weighted by molar-refractivity contribution is 1.16. The van der Waals surface area contributed by atoms with Crippen molar-refractivity contribution in [1.29, 1.82) is 0 Å². The smallest absolute Gasteiger partial charge is 0.171 e. The Morgan fingerprint density at radius 1 is 1.38 bits per heavy atom. The highest BCUT2D eigenvalue weighted by atomic mass is 79.9. The molecule has 0 unspecified atom stereocenters. The summed E-state index contributed by atoms with van der Waals surface area (Å²) in [4.78, 5) is 9.55. The number of thiophene rings is 1. The van der Waals surface area contributed by atoms with Crippen LogP contribution in [0.1, 0.15) is 0 Å². The quantitative estimate of drug-likeness (QED) is 0.834. The van der Waals surface area contributed by atoms with Gasteiger partial charge in [0.25, 0.3) is 0 Å². The van der Waals surface area contributed by atoms with E-state index in [1.54, 1.807) is 6.20 Å². The SMILES string of the molecule is CNc1nc(-c2cc(Br)c(Cl)s2)ncc1Br. The number of nitrogens with zero attached hydrogens (tertiary/aromatic N) is 2. The summed E-state index contributed by atoms with van der Waals surface area (Å²) in [6, 6.07) is 1.91. The van der Waals surface area contributed by atoms with E-state index >= 15 is 0 Å². The first-order valence-electron chi connectivity index (χ1n) is 4.27. The molecule has 84 valence electrons. The molecule has 0 radical (unpaired) electrons. The molecule has 2 aromatic rings. The molecule has 2 aromatic heterocycles. The third kappa shape index (κ3) is 2.40. The predicted octanol–water partition coefficient (Wildman–Crippen LogP) is 4.43. The Morgan fingerprint density at radius 2 is 2.12 bits per heavy atom. The number of halogens is 3.